The van der Waals surface area contributed by atoms with Crippen LogP contribution in [0.4, 0.5) is 0 Å². The van der Waals surface area contributed by atoms with Crippen molar-refractivity contribution < 1.29 is 24.2 Å². The number of rotatable bonds is 13. The van der Waals surface area contributed by atoms with Crippen LogP contribution in [0, 0.1) is 5.92 Å². The van der Waals surface area contributed by atoms with Gasteiger partial charge in [0.2, 0.25) is 11.8 Å². The van der Waals surface area contributed by atoms with Gasteiger partial charge in [-0.2, -0.15) is 0 Å². The molecule has 196 valence electrons. The lowest BCUT2D eigenvalue weighted by Crippen LogP contribution is -2.47. The summed E-state index contributed by atoms with van der Waals surface area (Å²) >= 11 is 0. The predicted octanol–water partition coefficient (Wildman–Crippen LogP) is 3.88. The highest BCUT2D eigenvalue weighted by Crippen LogP contribution is 2.25. The summed E-state index contributed by atoms with van der Waals surface area (Å²) in [5.74, 6) is -1.50. The number of carbonyl (C=O) groups is 3. The van der Waals surface area contributed by atoms with Crippen molar-refractivity contribution in [1.82, 2.24) is 10.2 Å². The van der Waals surface area contributed by atoms with E-state index in [9.17, 15) is 19.5 Å². The molecule has 37 heavy (non-hydrogen) atoms. The zero-order chi connectivity index (χ0) is 26.6. The Bertz CT molecular complexity index is 1080. The van der Waals surface area contributed by atoms with Gasteiger partial charge in [-0.3, -0.25) is 14.4 Å². The van der Waals surface area contributed by atoms with Gasteiger partial charge in [0.05, 0.1) is 25.1 Å². The van der Waals surface area contributed by atoms with Crippen LogP contribution in [0.15, 0.2) is 79.9 Å². The molecule has 0 spiro atoms. The Morgan fingerprint density at radius 3 is 2.43 bits per heavy atom. The van der Waals surface area contributed by atoms with Gasteiger partial charge in [0.1, 0.15) is 6.10 Å². The molecule has 0 unspecified atom stereocenters. The number of hydrogen-bond donors (Lipinski definition) is 2. The fraction of sp³-hybridized carbons (Fsp3) is 0.367. The molecule has 0 fully saturated rings. The number of nitrogens with one attached hydrogen (secondary N) is 1. The fourth-order valence-corrected chi connectivity index (χ4v) is 4.53. The molecule has 3 atom stereocenters. The molecule has 7 nitrogen and oxygen atoms in total. The first-order valence-corrected chi connectivity index (χ1v) is 12.7. The van der Waals surface area contributed by atoms with Crippen LogP contribution in [0.25, 0.3) is 0 Å². The molecule has 2 aromatic rings. The van der Waals surface area contributed by atoms with E-state index in [0.29, 0.717) is 25.8 Å². The molecule has 7 heteroatoms. The van der Waals surface area contributed by atoms with E-state index in [1.165, 1.54) is 0 Å². The van der Waals surface area contributed by atoms with Crippen molar-refractivity contribution >= 4 is 17.8 Å². The Labute approximate surface area is 218 Å². The van der Waals surface area contributed by atoms with Crippen molar-refractivity contribution in [3.63, 3.8) is 0 Å². The summed E-state index contributed by atoms with van der Waals surface area (Å²) in [6.45, 7) is 7.72. The van der Waals surface area contributed by atoms with Crippen LogP contribution in [-0.2, 0) is 32.1 Å². The summed E-state index contributed by atoms with van der Waals surface area (Å²) in [4.78, 5) is 40.4. The number of esters is 1. The van der Waals surface area contributed by atoms with Gasteiger partial charge in [-0.05, 0) is 36.0 Å². The molecule has 2 amide bonds. The number of fused-ring (bicyclic) bond motifs is 1. The molecular weight excluding hydrogens is 468 g/mol. The number of ether oxygens (including phenoxy) is 1. The highest BCUT2D eigenvalue weighted by Gasteiger charge is 2.32. The van der Waals surface area contributed by atoms with Crippen LogP contribution < -0.4 is 5.32 Å². The average Bonchev–Trinajstić information content (AvgIpc) is 2.93. The third-order valence-corrected chi connectivity index (χ3v) is 6.59. The maximum atomic E-state index is 13.3. The van der Waals surface area contributed by atoms with E-state index >= 15 is 0 Å². The van der Waals surface area contributed by atoms with E-state index in [2.05, 4.69) is 18.5 Å². The lowest BCUT2D eigenvalue weighted by Gasteiger charge is -2.36. The maximum absolute atomic E-state index is 13.3. The first-order chi connectivity index (χ1) is 18.0. The minimum atomic E-state index is -0.653. The van der Waals surface area contributed by atoms with Gasteiger partial charge < -0.3 is 20.1 Å². The molecule has 3 rings (SSSR count). The highest BCUT2D eigenvalue weighted by molar-refractivity contribution is 5.86. The molecule has 0 bridgehead atoms. The normalized spacial score (nSPS) is 16.1. The van der Waals surface area contributed by atoms with Crippen LogP contribution in [0.5, 0.6) is 0 Å². The lowest BCUT2D eigenvalue weighted by molar-refractivity contribution is -0.150. The summed E-state index contributed by atoms with van der Waals surface area (Å²) in [6.07, 6.45) is 4.22. The third kappa shape index (κ3) is 7.89. The topological polar surface area (TPSA) is 95.9 Å². The van der Waals surface area contributed by atoms with Gasteiger partial charge in [-0.15, -0.1) is 13.2 Å². The second kappa shape index (κ2) is 14.1. The van der Waals surface area contributed by atoms with Gasteiger partial charge in [0, 0.05) is 19.4 Å². The second-order valence-corrected chi connectivity index (χ2v) is 9.22. The number of amides is 2. The molecule has 0 saturated heterocycles. The number of hydrogen-bond acceptors (Lipinski definition) is 5. The number of allylic oxidation sites excluding steroid dienone is 2. The van der Waals surface area contributed by atoms with Crippen molar-refractivity contribution in [2.24, 2.45) is 5.92 Å². The van der Waals surface area contributed by atoms with E-state index < -0.39 is 12.0 Å². The molecule has 1 aliphatic rings. The minimum Gasteiger partial charge on any atom is -0.456 e. The van der Waals surface area contributed by atoms with Crippen molar-refractivity contribution in [3.8, 4) is 0 Å². The SMILES string of the molecule is C=CCCC(=O)O[C@H](CNC(=O)[C@@H](CC=C)CC(=O)N1Cc2ccccc2C[C@H]1CO)c1ccccc1. The van der Waals surface area contributed by atoms with Gasteiger partial charge in [0.15, 0.2) is 0 Å². The molecule has 1 heterocycles. The van der Waals surface area contributed by atoms with E-state index in [0.717, 1.165) is 16.7 Å². The molecule has 2 N–H and O–H groups in total. The van der Waals surface area contributed by atoms with Crippen LogP contribution in [0.3, 0.4) is 0 Å². The van der Waals surface area contributed by atoms with Crippen LogP contribution in [0.2, 0.25) is 0 Å². The number of aliphatic hydroxyl groups excluding tert-OH is 1. The summed E-state index contributed by atoms with van der Waals surface area (Å²) in [7, 11) is 0. The Kier molecular flexibility index (Phi) is 10.6. The monoisotopic (exact) mass is 504 g/mol. The van der Waals surface area contributed by atoms with Crippen molar-refractivity contribution in [3.05, 3.63) is 96.6 Å². The van der Waals surface area contributed by atoms with E-state index in [1.807, 2.05) is 54.6 Å². The zero-order valence-corrected chi connectivity index (χ0v) is 21.2. The average molecular weight is 505 g/mol. The number of benzene rings is 2. The van der Waals surface area contributed by atoms with E-state index in [1.54, 1.807) is 17.1 Å². The zero-order valence-electron chi connectivity index (χ0n) is 21.2. The van der Waals surface area contributed by atoms with Gasteiger partial charge in [-0.25, -0.2) is 0 Å². The lowest BCUT2D eigenvalue weighted by atomic mass is 9.92. The predicted molar refractivity (Wildman–Crippen MR) is 142 cm³/mol. The molecule has 0 radical (unpaired) electrons. The standard InChI is InChI=1S/C30H36N2O5/c1-3-5-16-29(35)37-27(22-12-7-6-8-13-22)19-31-30(36)24(11-4-2)18-28(34)32-20-25-15-10-9-14-23(25)17-26(32)21-33/h3-4,6-10,12-15,24,26-27,33H,1-2,5,11,16-21H2,(H,31,36)/t24-,26-,27+/m0/s1. The number of carbonyl (C=O) groups excluding carboxylic acids is 3. The maximum Gasteiger partial charge on any atom is 0.306 e. The smallest absolute Gasteiger partial charge is 0.306 e. The van der Waals surface area contributed by atoms with Gasteiger partial charge in [0.25, 0.3) is 0 Å². The number of nitrogens with zero attached hydrogens (tertiary/aromatic N) is 1. The van der Waals surface area contributed by atoms with Crippen molar-refractivity contribution in [1.29, 1.82) is 0 Å². The van der Waals surface area contributed by atoms with Gasteiger partial charge in [-0.1, -0.05) is 66.7 Å². The fourth-order valence-electron chi connectivity index (χ4n) is 4.53. The molecule has 2 aromatic carbocycles. The molecule has 0 aromatic heterocycles. The summed E-state index contributed by atoms with van der Waals surface area (Å²) in [5, 5.41) is 12.8. The highest BCUT2D eigenvalue weighted by atomic mass is 16.5. The first kappa shape index (κ1) is 27.9. The Balaban J connectivity index is 1.66. The van der Waals surface area contributed by atoms with Crippen LogP contribution in [-0.4, -0.2) is 47.0 Å². The van der Waals surface area contributed by atoms with Crippen LogP contribution >= 0.6 is 0 Å². The van der Waals surface area contributed by atoms with Crippen molar-refractivity contribution in [2.75, 3.05) is 13.2 Å². The Hall–Kier alpha value is -3.71. The molecular formula is C30H36N2O5. The molecule has 0 saturated carbocycles. The van der Waals surface area contributed by atoms with Crippen molar-refractivity contribution in [2.45, 2.75) is 50.8 Å². The first-order valence-electron chi connectivity index (χ1n) is 12.7. The third-order valence-electron chi connectivity index (χ3n) is 6.59. The molecule has 1 aliphatic heterocycles. The van der Waals surface area contributed by atoms with Gasteiger partial charge >= 0.3 is 5.97 Å². The van der Waals surface area contributed by atoms with Crippen LogP contribution in [0.1, 0.15) is 48.5 Å². The summed E-state index contributed by atoms with van der Waals surface area (Å²) in [6, 6.07) is 16.8. The van der Waals surface area contributed by atoms with E-state index in [4.69, 9.17) is 4.74 Å². The molecule has 0 aliphatic carbocycles. The number of aliphatic hydroxyl groups is 1. The quantitative estimate of drug-likeness (QED) is 0.319. The Morgan fingerprint density at radius 1 is 1.05 bits per heavy atom. The largest absolute Gasteiger partial charge is 0.456 e. The summed E-state index contributed by atoms with van der Waals surface area (Å²) in [5.41, 5.74) is 2.94. The summed E-state index contributed by atoms with van der Waals surface area (Å²) < 4.78 is 5.64. The second-order valence-electron chi connectivity index (χ2n) is 9.22. The Morgan fingerprint density at radius 2 is 1.76 bits per heavy atom. The van der Waals surface area contributed by atoms with E-state index in [-0.39, 0.29) is 49.8 Å². The minimum absolute atomic E-state index is 0.00829.